The van der Waals surface area contributed by atoms with Gasteiger partial charge in [-0.1, -0.05) is 12.1 Å². The van der Waals surface area contributed by atoms with Gasteiger partial charge in [0, 0.05) is 6.21 Å². The third-order valence-electron chi connectivity index (χ3n) is 3.85. The first-order valence-electron chi connectivity index (χ1n) is 8.58. The van der Waals surface area contributed by atoms with Crippen molar-refractivity contribution in [3.63, 3.8) is 0 Å². The molecular weight excluding hydrogens is 392 g/mol. The highest BCUT2D eigenvalue weighted by molar-refractivity contribution is 7.80. The molecule has 0 fully saturated rings. The maximum absolute atomic E-state index is 12.5. The number of para-hydroxylation sites is 1. The molecule has 148 valence electrons. The summed E-state index contributed by atoms with van der Waals surface area (Å²) in [6, 6.07) is 13.3. The second-order valence-corrected chi connectivity index (χ2v) is 6.37. The zero-order valence-electron chi connectivity index (χ0n) is 15.4. The number of hydrogen-bond donors (Lipinski definition) is 4. The van der Waals surface area contributed by atoms with Gasteiger partial charge < -0.3 is 5.11 Å². The van der Waals surface area contributed by atoms with Crippen LogP contribution < -0.4 is 21.8 Å². The van der Waals surface area contributed by atoms with E-state index in [-0.39, 0.29) is 23.0 Å². The molecule has 0 radical (unpaired) electrons. The maximum Gasteiger partial charge on any atom is 0.280 e. The van der Waals surface area contributed by atoms with Gasteiger partial charge in [-0.25, -0.2) is 20.1 Å². The van der Waals surface area contributed by atoms with Crippen LogP contribution in [0.15, 0.2) is 58.3 Å². The van der Waals surface area contributed by atoms with Crippen molar-refractivity contribution in [2.75, 3.05) is 12.0 Å². The minimum absolute atomic E-state index is 0.117. The number of rotatable bonds is 5. The summed E-state index contributed by atoms with van der Waals surface area (Å²) >= 11 is 5.04. The van der Waals surface area contributed by atoms with Crippen LogP contribution in [-0.2, 0) is 4.79 Å². The number of thiocarbonyl (C=S) groups is 1. The van der Waals surface area contributed by atoms with Gasteiger partial charge in [-0.2, -0.15) is 0 Å². The van der Waals surface area contributed by atoms with E-state index < -0.39 is 5.91 Å². The van der Waals surface area contributed by atoms with Gasteiger partial charge in [0.15, 0.2) is 0 Å². The molecule has 3 aromatic rings. The highest BCUT2D eigenvalue weighted by Crippen LogP contribution is 2.08. The zero-order valence-corrected chi connectivity index (χ0v) is 16.2. The van der Waals surface area contributed by atoms with Crippen molar-refractivity contribution < 1.29 is 9.90 Å². The van der Waals surface area contributed by atoms with Gasteiger partial charge in [0.25, 0.3) is 11.5 Å². The van der Waals surface area contributed by atoms with Gasteiger partial charge in [-0.05, 0) is 61.1 Å². The van der Waals surface area contributed by atoms with Crippen molar-refractivity contribution >= 4 is 40.4 Å². The van der Waals surface area contributed by atoms with Crippen molar-refractivity contribution in [2.45, 2.75) is 6.92 Å². The van der Waals surface area contributed by atoms with Crippen LogP contribution in [0.3, 0.4) is 0 Å². The number of nitrogens with zero attached hydrogens (tertiary/aromatic N) is 3. The number of aromatic nitrogens is 2. The number of phenolic OH excluding ortho intramolecular Hbond substituents is 1. The van der Waals surface area contributed by atoms with Gasteiger partial charge in [0.2, 0.25) is 5.11 Å². The van der Waals surface area contributed by atoms with Gasteiger partial charge in [0.05, 0.1) is 17.4 Å². The zero-order chi connectivity index (χ0) is 20.8. The number of carbonyl (C=O) groups is 1. The van der Waals surface area contributed by atoms with E-state index in [0.29, 0.717) is 16.7 Å². The minimum Gasteiger partial charge on any atom is -0.508 e. The smallest absolute Gasteiger partial charge is 0.280 e. The molecule has 0 spiro atoms. The molecule has 0 bridgehead atoms. The lowest BCUT2D eigenvalue weighted by molar-refractivity contribution is -0.116. The highest BCUT2D eigenvalue weighted by Gasteiger charge is 2.10. The number of phenols is 1. The fourth-order valence-corrected chi connectivity index (χ4v) is 2.59. The normalized spacial score (nSPS) is 10.9. The third kappa shape index (κ3) is 5.21. The van der Waals surface area contributed by atoms with Crippen molar-refractivity contribution in [1.29, 1.82) is 0 Å². The number of fused-ring (bicyclic) bond motifs is 1. The molecule has 1 amide bonds. The van der Waals surface area contributed by atoms with Gasteiger partial charge in [-0.15, -0.1) is 0 Å². The summed E-state index contributed by atoms with van der Waals surface area (Å²) in [6.45, 7) is 1.47. The number of aromatic hydroxyl groups is 1. The second kappa shape index (κ2) is 9.04. The molecule has 9 nitrogen and oxygen atoms in total. The molecule has 1 aromatic heterocycles. The number of nitrogens with one attached hydrogen (secondary N) is 3. The average Bonchev–Trinajstić information content (AvgIpc) is 2.71. The van der Waals surface area contributed by atoms with E-state index in [0.717, 1.165) is 10.2 Å². The maximum atomic E-state index is 12.5. The Kier molecular flexibility index (Phi) is 6.27. The Balaban J connectivity index is 1.54. The lowest BCUT2D eigenvalue weighted by Gasteiger charge is -2.12. The largest absolute Gasteiger partial charge is 0.508 e. The van der Waals surface area contributed by atoms with Crippen LogP contribution in [0.1, 0.15) is 11.4 Å². The predicted molar refractivity (Wildman–Crippen MR) is 115 cm³/mol. The Morgan fingerprint density at radius 3 is 2.72 bits per heavy atom. The van der Waals surface area contributed by atoms with Gasteiger partial charge in [-0.3, -0.25) is 20.4 Å². The van der Waals surface area contributed by atoms with Crippen LogP contribution in [0, 0.1) is 6.92 Å². The average molecular weight is 410 g/mol. The predicted octanol–water partition coefficient (Wildman–Crippen LogP) is 0.979. The first-order valence-corrected chi connectivity index (χ1v) is 8.99. The number of amides is 1. The first-order chi connectivity index (χ1) is 13.9. The first kappa shape index (κ1) is 20.1. The van der Waals surface area contributed by atoms with Crippen molar-refractivity contribution in [1.82, 2.24) is 20.5 Å². The monoisotopic (exact) mass is 410 g/mol. The van der Waals surface area contributed by atoms with Crippen molar-refractivity contribution in [2.24, 2.45) is 4.99 Å². The van der Waals surface area contributed by atoms with Crippen LogP contribution in [0.5, 0.6) is 5.75 Å². The Morgan fingerprint density at radius 2 is 1.97 bits per heavy atom. The SMILES string of the molecule is Cc1nc2ccccc2c(=O)n1NC(=O)CNNC(=S)/N=C/c1ccc(O)cc1. The highest BCUT2D eigenvalue weighted by atomic mass is 32.1. The standard InChI is InChI=1S/C19H18N6O3S/c1-12-22-16-5-3-2-4-15(16)18(28)25(12)24-17(27)11-21-23-19(29)20-10-13-6-8-14(26)9-7-13/h2-10,21,26H,11H2,1H3,(H,23,29)(H,24,27)/b20-10+. The summed E-state index contributed by atoms with van der Waals surface area (Å²) in [7, 11) is 0. The lowest BCUT2D eigenvalue weighted by Crippen LogP contribution is -2.44. The van der Waals surface area contributed by atoms with E-state index in [4.69, 9.17) is 12.2 Å². The van der Waals surface area contributed by atoms with Crippen LogP contribution in [-0.4, -0.2) is 38.5 Å². The van der Waals surface area contributed by atoms with Crippen molar-refractivity contribution in [3.8, 4) is 5.75 Å². The number of carbonyl (C=O) groups excluding carboxylic acids is 1. The summed E-state index contributed by atoms with van der Waals surface area (Å²) < 4.78 is 1.10. The molecule has 1 heterocycles. The number of hydrazine groups is 1. The molecule has 0 unspecified atom stereocenters. The molecule has 0 saturated heterocycles. The topological polar surface area (TPSA) is 121 Å². The van der Waals surface area contributed by atoms with Gasteiger partial charge >= 0.3 is 0 Å². The lowest BCUT2D eigenvalue weighted by atomic mass is 10.2. The number of aryl methyl sites for hydroxylation is 1. The second-order valence-electron chi connectivity index (χ2n) is 5.99. The summed E-state index contributed by atoms with van der Waals surface area (Å²) in [5.41, 5.74) is 8.71. The van der Waals surface area contributed by atoms with Crippen molar-refractivity contribution in [3.05, 3.63) is 70.3 Å². The van der Waals surface area contributed by atoms with E-state index >= 15 is 0 Å². The molecule has 0 aliphatic carbocycles. The molecule has 0 saturated carbocycles. The Hall–Kier alpha value is -3.63. The van der Waals surface area contributed by atoms with Crippen LogP contribution in [0.4, 0.5) is 0 Å². The van der Waals surface area contributed by atoms with E-state index in [9.17, 15) is 14.7 Å². The molecular formula is C19H18N6O3S. The van der Waals surface area contributed by atoms with E-state index in [1.807, 2.05) is 0 Å². The van der Waals surface area contributed by atoms with E-state index in [1.165, 1.54) is 18.3 Å². The molecule has 0 atom stereocenters. The molecule has 3 rings (SSSR count). The van der Waals surface area contributed by atoms with Gasteiger partial charge in [0.1, 0.15) is 11.6 Å². The molecule has 2 aromatic carbocycles. The summed E-state index contributed by atoms with van der Waals surface area (Å²) in [4.78, 5) is 33.0. The fraction of sp³-hybridized carbons (Fsp3) is 0.105. The quantitative estimate of drug-likeness (QED) is 0.281. The third-order valence-corrected chi connectivity index (χ3v) is 4.06. The Bertz CT molecular complexity index is 1140. The Labute approximate surface area is 171 Å². The summed E-state index contributed by atoms with van der Waals surface area (Å²) in [5, 5.41) is 9.77. The summed E-state index contributed by atoms with van der Waals surface area (Å²) in [5.74, 6) is 0.0561. The Morgan fingerprint density at radius 1 is 1.24 bits per heavy atom. The molecule has 29 heavy (non-hydrogen) atoms. The minimum atomic E-state index is -0.468. The fourth-order valence-electron chi connectivity index (χ4n) is 2.47. The van der Waals surface area contributed by atoms with E-state index in [1.54, 1.807) is 43.3 Å². The molecule has 10 heteroatoms. The van der Waals surface area contributed by atoms with Crippen LogP contribution >= 0.6 is 12.2 Å². The van der Waals surface area contributed by atoms with Crippen LogP contribution in [0.25, 0.3) is 10.9 Å². The number of benzene rings is 2. The molecule has 0 aliphatic rings. The number of aliphatic imine (C=N–C) groups is 1. The number of hydrogen-bond acceptors (Lipinski definition) is 6. The van der Waals surface area contributed by atoms with Crippen LogP contribution in [0.2, 0.25) is 0 Å². The van der Waals surface area contributed by atoms with E-state index in [2.05, 4.69) is 26.3 Å². The molecule has 4 N–H and O–H groups in total. The molecule has 0 aliphatic heterocycles. The summed E-state index contributed by atoms with van der Waals surface area (Å²) in [6.07, 6.45) is 1.51.